The highest BCUT2D eigenvalue weighted by Crippen LogP contribution is 2.30. The van der Waals surface area contributed by atoms with Gasteiger partial charge in [0, 0.05) is 36.2 Å². The lowest BCUT2D eigenvalue weighted by molar-refractivity contribution is 0.0672. The fourth-order valence-electron chi connectivity index (χ4n) is 3.62. The number of piperazine rings is 1. The normalized spacial score (nSPS) is 16.3. The van der Waals surface area contributed by atoms with Crippen molar-refractivity contribution in [3.63, 3.8) is 0 Å². The Bertz CT molecular complexity index is 1110. The first-order valence-corrected chi connectivity index (χ1v) is 11.2. The topological polar surface area (TPSA) is 58.6 Å². The van der Waals surface area contributed by atoms with E-state index in [4.69, 9.17) is 16.3 Å². The molecule has 3 aromatic rings. The average molecular weight is 502 g/mol. The Labute approximate surface area is 194 Å². The van der Waals surface area contributed by atoms with Crippen LogP contribution in [0.1, 0.15) is 22.8 Å². The van der Waals surface area contributed by atoms with Gasteiger partial charge in [0.15, 0.2) is 0 Å². The number of benzene rings is 2. The zero-order chi connectivity index (χ0) is 22.0. The van der Waals surface area contributed by atoms with Crippen molar-refractivity contribution in [2.24, 2.45) is 0 Å². The Morgan fingerprint density at radius 1 is 1.16 bits per heavy atom. The van der Waals surface area contributed by atoms with Crippen molar-refractivity contribution < 1.29 is 9.53 Å². The summed E-state index contributed by atoms with van der Waals surface area (Å²) in [6.07, 6.45) is 1.48. The maximum absolute atomic E-state index is 13.0. The van der Waals surface area contributed by atoms with Gasteiger partial charge < -0.3 is 14.5 Å². The van der Waals surface area contributed by atoms with Crippen molar-refractivity contribution in [1.82, 2.24) is 14.9 Å². The first kappa shape index (κ1) is 21.6. The molecule has 6 nitrogen and oxygen atoms in total. The molecular weight excluding hydrogens is 480 g/mol. The van der Waals surface area contributed by atoms with Crippen LogP contribution >= 0.6 is 27.5 Å². The summed E-state index contributed by atoms with van der Waals surface area (Å²) in [6, 6.07) is 14.9. The highest BCUT2D eigenvalue weighted by atomic mass is 79.9. The van der Waals surface area contributed by atoms with E-state index < -0.39 is 0 Å². The summed E-state index contributed by atoms with van der Waals surface area (Å²) in [5.74, 6) is 1.77. The second kappa shape index (κ2) is 9.24. The zero-order valence-corrected chi connectivity index (χ0v) is 19.6. The molecular formula is C23H22BrClN4O2. The van der Waals surface area contributed by atoms with Gasteiger partial charge in [0.05, 0.1) is 10.6 Å². The standard InChI is InChI=1S/C23H22BrClN4O2/c1-15-7-8-19(25)20(11-15)31-22-12-21(26-14-27-22)28-9-10-29(16(2)13-28)23(30)17-5-3-4-6-18(17)24/h3-8,11-12,14,16H,9-10,13H2,1-2H3/t16-/m0/s1. The number of carbonyl (C=O) groups is 1. The summed E-state index contributed by atoms with van der Waals surface area (Å²) >= 11 is 9.72. The van der Waals surface area contributed by atoms with E-state index in [0.717, 1.165) is 15.9 Å². The summed E-state index contributed by atoms with van der Waals surface area (Å²) in [6.45, 7) is 5.96. The molecule has 4 rings (SSSR count). The minimum atomic E-state index is 0.0268. The minimum absolute atomic E-state index is 0.0268. The SMILES string of the molecule is Cc1ccc(Cl)c(Oc2cc(N3CCN(C(=O)c4ccccc4Br)[C@@H](C)C3)ncn2)c1. The number of hydrogen-bond acceptors (Lipinski definition) is 5. The number of carbonyl (C=O) groups excluding carboxylic acids is 1. The van der Waals surface area contributed by atoms with Crippen LogP contribution in [0.4, 0.5) is 5.82 Å². The van der Waals surface area contributed by atoms with Gasteiger partial charge in [0.2, 0.25) is 5.88 Å². The zero-order valence-electron chi connectivity index (χ0n) is 17.3. The Morgan fingerprint density at radius 3 is 2.74 bits per heavy atom. The maximum atomic E-state index is 13.0. The number of anilines is 1. The molecule has 1 aromatic heterocycles. The van der Waals surface area contributed by atoms with Crippen LogP contribution in [0.25, 0.3) is 0 Å². The van der Waals surface area contributed by atoms with Crippen LogP contribution in [0, 0.1) is 6.92 Å². The first-order chi connectivity index (χ1) is 14.9. The van der Waals surface area contributed by atoms with Crippen molar-refractivity contribution >= 4 is 39.3 Å². The quantitative estimate of drug-likeness (QED) is 0.483. The molecule has 1 fully saturated rings. The predicted molar refractivity (Wildman–Crippen MR) is 125 cm³/mol. The third kappa shape index (κ3) is 4.83. The van der Waals surface area contributed by atoms with Gasteiger partial charge >= 0.3 is 0 Å². The molecule has 0 unspecified atom stereocenters. The lowest BCUT2D eigenvalue weighted by Gasteiger charge is -2.40. The molecule has 2 heterocycles. The van der Waals surface area contributed by atoms with Gasteiger partial charge in [-0.3, -0.25) is 4.79 Å². The van der Waals surface area contributed by atoms with E-state index >= 15 is 0 Å². The number of hydrogen-bond donors (Lipinski definition) is 0. The van der Waals surface area contributed by atoms with E-state index in [1.165, 1.54) is 6.33 Å². The Kier molecular flexibility index (Phi) is 6.43. The first-order valence-electron chi connectivity index (χ1n) is 9.99. The number of halogens is 2. The van der Waals surface area contributed by atoms with E-state index in [0.29, 0.717) is 41.8 Å². The number of aryl methyl sites for hydroxylation is 1. The van der Waals surface area contributed by atoms with Gasteiger partial charge in [0.1, 0.15) is 17.9 Å². The molecule has 1 atom stereocenters. The third-order valence-corrected chi connectivity index (χ3v) is 6.25. The van der Waals surface area contributed by atoms with Crippen molar-refractivity contribution in [3.8, 4) is 11.6 Å². The largest absolute Gasteiger partial charge is 0.437 e. The average Bonchev–Trinajstić information content (AvgIpc) is 2.76. The molecule has 2 aromatic carbocycles. The summed E-state index contributed by atoms with van der Waals surface area (Å²) in [7, 11) is 0. The molecule has 0 radical (unpaired) electrons. The fourth-order valence-corrected chi connectivity index (χ4v) is 4.23. The summed E-state index contributed by atoms with van der Waals surface area (Å²) in [4.78, 5) is 25.7. The lowest BCUT2D eigenvalue weighted by atomic mass is 10.1. The van der Waals surface area contributed by atoms with Crippen LogP contribution in [0.15, 0.2) is 59.3 Å². The second-order valence-electron chi connectivity index (χ2n) is 7.52. The molecule has 0 N–H and O–H groups in total. The highest BCUT2D eigenvalue weighted by Gasteiger charge is 2.29. The smallest absolute Gasteiger partial charge is 0.255 e. The molecule has 160 valence electrons. The van der Waals surface area contributed by atoms with Crippen LogP contribution in [0.3, 0.4) is 0 Å². The van der Waals surface area contributed by atoms with Crippen molar-refractivity contribution in [2.75, 3.05) is 24.5 Å². The van der Waals surface area contributed by atoms with Crippen molar-refractivity contribution in [2.45, 2.75) is 19.9 Å². The van der Waals surface area contributed by atoms with Crippen LogP contribution in [-0.2, 0) is 0 Å². The fraction of sp³-hybridized carbons (Fsp3) is 0.261. The summed E-state index contributed by atoms with van der Waals surface area (Å²) < 4.78 is 6.71. The van der Waals surface area contributed by atoms with Crippen LogP contribution in [-0.4, -0.2) is 46.5 Å². The molecule has 1 aliphatic heterocycles. The monoisotopic (exact) mass is 500 g/mol. The molecule has 1 amide bonds. The van der Waals surface area contributed by atoms with Gasteiger partial charge in [0.25, 0.3) is 5.91 Å². The molecule has 0 spiro atoms. The van der Waals surface area contributed by atoms with Gasteiger partial charge in [-0.25, -0.2) is 9.97 Å². The Morgan fingerprint density at radius 2 is 1.97 bits per heavy atom. The van der Waals surface area contributed by atoms with Crippen molar-refractivity contribution in [3.05, 3.63) is 75.5 Å². The summed E-state index contributed by atoms with van der Waals surface area (Å²) in [5.41, 5.74) is 1.73. The van der Waals surface area contributed by atoms with Gasteiger partial charge in [-0.05, 0) is 59.6 Å². The molecule has 0 aliphatic carbocycles. The van der Waals surface area contributed by atoms with E-state index in [9.17, 15) is 4.79 Å². The second-order valence-corrected chi connectivity index (χ2v) is 8.79. The number of amides is 1. The molecule has 31 heavy (non-hydrogen) atoms. The summed E-state index contributed by atoms with van der Waals surface area (Å²) in [5, 5.41) is 0.526. The van der Waals surface area contributed by atoms with Gasteiger partial charge in [-0.2, -0.15) is 0 Å². The number of rotatable bonds is 4. The molecule has 8 heteroatoms. The van der Waals surface area contributed by atoms with Crippen LogP contribution < -0.4 is 9.64 Å². The minimum Gasteiger partial charge on any atom is -0.437 e. The molecule has 0 bridgehead atoms. The van der Waals surface area contributed by atoms with Gasteiger partial charge in [-0.15, -0.1) is 0 Å². The molecule has 1 aliphatic rings. The van der Waals surface area contributed by atoms with Crippen molar-refractivity contribution in [1.29, 1.82) is 0 Å². The highest BCUT2D eigenvalue weighted by molar-refractivity contribution is 9.10. The van der Waals surface area contributed by atoms with Crippen LogP contribution in [0.2, 0.25) is 5.02 Å². The number of aromatic nitrogens is 2. The number of ether oxygens (including phenoxy) is 1. The van der Waals surface area contributed by atoms with E-state index in [-0.39, 0.29) is 11.9 Å². The van der Waals surface area contributed by atoms with Crippen LogP contribution in [0.5, 0.6) is 11.6 Å². The van der Waals surface area contributed by atoms with E-state index in [1.807, 2.05) is 55.1 Å². The molecule has 0 saturated carbocycles. The van der Waals surface area contributed by atoms with E-state index in [2.05, 4.69) is 30.8 Å². The molecule has 1 saturated heterocycles. The Hall–Kier alpha value is -2.64. The third-order valence-electron chi connectivity index (χ3n) is 5.25. The van der Waals surface area contributed by atoms with Gasteiger partial charge in [-0.1, -0.05) is 29.8 Å². The number of nitrogens with zero attached hydrogens (tertiary/aromatic N) is 4. The Balaban J connectivity index is 1.47. The maximum Gasteiger partial charge on any atom is 0.255 e. The predicted octanol–water partition coefficient (Wildman–Crippen LogP) is 5.34. The van der Waals surface area contributed by atoms with E-state index in [1.54, 1.807) is 12.1 Å². The lowest BCUT2D eigenvalue weighted by Crippen LogP contribution is -2.54.